The maximum absolute atomic E-state index is 11.7. The third-order valence-corrected chi connectivity index (χ3v) is 2.78. The first-order valence-corrected chi connectivity index (χ1v) is 6.03. The van der Waals surface area contributed by atoms with Gasteiger partial charge in [-0.3, -0.25) is 9.78 Å². The number of hydrogen-bond acceptors (Lipinski definition) is 3. The molecule has 1 amide bonds. The second-order valence-electron chi connectivity index (χ2n) is 4.42. The Labute approximate surface area is 103 Å². The maximum Gasteiger partial charge on any atom is 0.220 e. The van der Waals surface area contributed by atoms with E-state index in [1.165, 1.54) is 0 Å². The molecule has 4 nitrogen and oxygen atoms in total. The molecule has 0 aliphatic rings. The number of rotatable bonds is 6. The first kappa shape index (κ1) is 13.6. The van der Waals surface area contributed by atoms with Crippen molar-refractivity contribution in [1.82, 2.24) is 10.3 Å². The minimum absolute atomic E-state index is 0.0446. The molecule has 0 fully saturated rings. The van der Waals surface area contributed by atoms with E-state index >= 15 is 0 Å². The zero-order chi connectivity index (χ0) is 12.7. The van der Waals surface area contributed by atoms with Crippen LogP contribution in [0.25, 0.3) is 0 Å². The van der Waals surface area contributed by atoms with Gasteiger partial charge in [-0.2, -0.15) is 0 Å². The van der Waals surface area contributed by atoms with E-state index in [0.29, 0.717) is 18.9 Å². The molecule has 0 aliphatic carbocycles. The summed E-state index contributed by atoms with van der Waals surface area (Å²) >= 11 is 0. The van der Waals surface area contributed by atoms with Gasteiger partial charge in [-0.1, -0.05) is 13.0 Å². The summed E-state index contributed by atoms with van der Waals surface area (Å²) in [5.74, 6) is 0.453. The molecule has 0 saturated heterocycles. The summed E-state index contributed by atoms with van der Waals surface area (Å²) in [5.41, 5.74) is 6.39. The Kier molecular flexibility index (Phi) is 5.63. The van der Waals surface area contributed by atoms with E-state index < -0.39 is 0 Å². The van der Waals surface area contributed by atoms with Crippen LogP contribution in [0, 0.1) is 5.92 Å². The smallest absolute Gasteiger partial charge is 0.220 e. The predicted molar refractivity (Wildman–Crippen MR) is 68.2 cm³/mol. The fourth-order valence-corrected chi connectivity index (χ4v) is 1.52. The Hall–Kier alpha value is -1.42. The SMILES string of the molecule is CC(CN)CCC(=O)N[C@H](C)c1ccccn1. The molecule has 1 heterocycles. The summed E-state index contributed by atoms with van der Waals surface area (Å²) in [6.07, 6.45) is 3.08. The van der Waals surface area contributed by atoms with Gasteiger partial charge in [0.2, 0.25) is 5.91 Å². The van der Waals surface area contributed by atoms with Crippen LogP contribution >= 0.6 is 0 Å². The van der Waals surface area contributed by atoms with E-state index in [4.69, 9.17) is 5.73 Å². The number of carbonyl (C=O) groups excluding carboxylic acids is 1. The van der Waals surface area contributed by atoms with Gasteiger partial charge in [0.1, 0.15) is 0 Å². The molecule has 2 atom stereocenters. The summed E-state index contributed by atoms with van der Waals surface area (Å²) < 4.78 is 0. The van der Waals surface area contributed by atoms with Gasteiger partial charge >= 0.3 is 0 Å². The molecule has 0 radical (unpaired) electrons. The van der Waals surface area contributed by atoms with Crippen LogP contribution in [0.2, 0.25) is 0 Å². The monoisotopic (exact) mass is 235 g/mol. The van der Waals surface area contributed by atoms with E-state index in [2.05, 4.69) is 17.2 Å². The van der Waals surface area contributed by atoms with Crippen LogP contribution in [-0.2, 0) is 4.79 Å². The van der Waals surface area contributed by atoms with Crippen molar-refractivity contribution in [3.63, 3.8) is 0 Å². The van der Waals surface area contributed by atoms with Gasteiger partial charge in [0.15, 0.2) is 0 Å². The van der Waals surface area contributed by atoms with Crippen LogP contribution in [-0.4, -0.2) is 17.4 Å². The van der Waals surface area contributed by atoms with Crippen LogP contribution < -0.4 is 11.1 Å². The molecule has 3 N–H and O–H groups in total. The fraction of sp³-hybridized carbons (Fsp3) is 0.538. The molecule has 1 aromatic rings. The van der Waals surface area contributed by atoms with Crippen molar-refractivity contribution >= 4 is 5.91 Å². The van der Waals surface area contributed by atoms with E-state index in [0.717, 1.165) is 12.1 Å². The van der Waals surface area contributed by atoms with Crippen molar-refractivity contribution < 1.29 is 4.79 Å². The second-order valence-corrected chi connectivity index (χ2v) is 4.42. The number of amides is 1. The number of nitrogens with two attached hydrogens (primary N) is 1. The van der Waals surface area contributed by atoms with Gasteiger partial charge in [0, 0.05) is 12.6 Å². The highest BCUT2D eigenvalue weighted by Gasteiger charge is 2.11. The average molecular weight is 235 g/mol. The van der Waals surface area contributed by atoms with Crippen molar-refractivity contribution in [3.8, 4) is 0 Å². The highest BCUT2D eigenvalue weighted by molar-refractivity contribution is 5.76. The maximum atomic E-state index is 11.7. The summed E-state index contributed by atoms with van der Waals surface area (Å²) in [6.45, 7) is 4.62. The molecule has 0 saturated carbocycles. The largest absolute Gasteiger partial charge is 0.348 e. The molecule has 0 aromatic carbocycles. The van der Waals surface area contributed by atoms with Gasteiger partial charge in [0.25, 0.3) is 0 Å². The molecular formula is C13H21N3O. The van der Waals surface area contributed by atoms with Crippen LogP contribution in [0.1, 0.15) is 38.4 Å². The summed E-state index contributed by atoms with van der Waals surface area (Å²) in [4.78, 5) is 15.9. The third-order valence-electron chi connectivity index (χ3n) is 2.78. The van der Waals surface area contributed by atoms with Crippen LogP contribution in [0.3, 0.4) is 0 Å². The highest BCUT2D eigenvalue weighted by Crippen LogP contribution is 2.09. The number of aromatic nitrogens is 1. The number of nitrogens with one attached hydrogen (secondary N) is 1. The lowest BCUT2D eigenvalue weighted by atomic mass is 10.1. The van der Waals surface area contributed by atoms with Crippen LogP contribution in [0.15, 0.2) is 24.4 Å². The number of pyridine rings is 1. The van der Waals surface area contributed by atoms with Gasteiger partial charge in [0.05, 0.1) is 11.7 Å². The minimum atomic E-state index is -0.0446. The van der Waals surface area contributed by atoms with E-state index in [9.17, 15) is 4.79 Å². The number of hydrogen-bond donors (Lipinski definition) is 2. The lowest BCUT2D eigenvalue weighted by Gasteiger charge is -2.14. The van der Waals surface area contributed by atoms with Gasteiger partial charge in [-0.05, 0) is 37.9 Å². The fourth-order valence-electron chi connectivity index (χ4n) is 1.52. The van der Waals surface area contributed by atoms with Crippen molar-refractivity contribution in [2.75, 3.05) is 6.54 Å². The first-order chi connectivity index (χ1) is 8.13. The summed E-state index contributed by atoms with van der Waals surface area (Å²) in [7, 11) is 0. The molecule has 0 bridgehead atoms. The zero-order valence-corrected chi connectivity index (χ0v) is 10.5. The Balaban J connectivity index is 2.36. The Morgan fingerprint density at radius 2 is 2.24 bits per heavy atom. The van der Waals surface area contributed by atoms with Crippen molar-refractivity contribution in [3.05, 3.63) is 30.1 Å². The Bertz CT molecular complexity index is 340. The van der Waals surface area contributed by atoms with Crippen molar-refractivity contribution in [1.29, 1.82) is 0 Å². The molecule has 1 rings (SSSR count). The zero-order valence-electron chi connectivity index (χ0n) is 10.5. The molecule has 17 heavy (non-hydrogen) atoms. The quantitative estimate of drug-likeness (QED) is 0.787. The number of nitrogens with zero attached hydrogens (tertiary/aromatic N) is 1. The van der Waals surface area contributed by atoms with E-state index in [1.54, 1.807) is 6.20 Å². The van der Waals surface area contributed by atoms with E-state index in [1.807, 2.05) is 25.1 Å². The molecule has 0 spiro atoms. The lowest BCUT2D eigenvalue weighted by Crippen LogP contribution is -2.27. The standard InChI is InChI=1S/C13H21N3O/c1-10(9-14)6-7-13(17)16-11(2)12-5-3-4-8-15-12/h3-5,8,10-11H,6-7,9,14H2,1-2H3,(H,16,17)/t10?,11-/m1/s1. The Morgan fingerprint density at radius 3 is 2.82 bits per heavy atom. The van der Waals surface area contributed by atoms with Gasteiger partial charge in [-0.25, -0.2) is 0 Å². The predicted octanol–water partition coefficient (Wildman–Crippen LogP) is 1.63. The summed E-state index contributed by atoms with van der Waals surface area (Å²) in [6, 6.07) is 5.65. The topological polar surface area (TPSA) is 68.0 Å². The van der Waals surface area contributed by atoms with E-state index in [-0.39, 0.29) is 11.9 Å². The molecular weight excluding hydrogens is 214 g/mol. The molecule has 1 aromatic heterocycles. The van der Waals surface area contributed by atoms with Crippen molar-refractivity contribution in [2.24, 2.45) is 11.7 Å². The lowest BCUT2D eigenvalue weighted by molar-refractivity contribution is -0.122. The molecule has 0 aliphatic heterocycles. The molecule has 94 valence electrons. The third kappa shape index (κ3) is 4.95. The molecule has 1 unspecified atom stereocenters. The van der Waals surface area contributed by atoms with Crippen LogP contribution in [0.4, 0.5) is 0 Å². The van der Waals surface area contributed by atoms with Crippen molar-refractivity contribution in [2.45, 2.75) is 32.7 Å². The van der Waals surface area contributed by atoms with Gasteiger partial charge < -0.3 is 11.1 Å². The van der Waals surface area contributed by atoms with Crippen LogP contribution in [0.5, 0.6) is 0 Å². The number of carbonyl (C=O) groups is 1. The van der Waals surface area contributed by atoms with Gasteiger partial charge in [-0.15, -0.1) is 0 Å². The first-order valence-electron chi connectivity index (χ1n) is 6.03. The normalized spacial score (nSPS) is 14.1. The second kappa shape index (κ2) is 7.01. The minimum Gasteiger partial charge on any atom is -0.348 e. The highest BCUT2D eigenvalue weighted by atomic mass is 16.1. The summed E-state index contributed by atoms with van der Waals surface area (Å²) in [5, 5.41) is 2.93. The molecule has 4 heteroatoms. The Morgan fingerprint density at radius 1 is 1.47 bits per heavy atom. The average Bonchev–Trinajstić information content (AvgIpc) is 2.36.